The highest BCUT2D eigenvalue weighted by Crippen LogP contribution is 1.99. The fraction of sp³-hybridized carbons (Fsp3) is 0.545. The molecule has 0 spiro atoms. The molecule has 0 bridgehead atoms. The Balaban J connectivity index is 0. The van der Waals surface area contributed by atoms with Gasteiger partial charge in [0.05, 0.1) is 0 Å². The molecule has 0 unspecified atom stereocenters. The van der Waals surface area contributed by atoms with Crippen LogP contribution in [0.2, 0.25) is 0 Å². The molecule has 1 heterocycles. The number of pyridine rings is 1. The van der Waals surface area contributed by atoms with Gasteiger partial charge in [0.1, 0.15) is 0 Å². The van der Waals surface area contributed by atoms with Crippen LogP contribution in [-0.2, 0) is 0 Å². The fourth-order valence-corrected chi connectivity index (χ4v) is 0.519. The summed E-state index contributed by atoms with van der Waals surface area (Å²) in [6, 6.07) is 4.17. The van der Waals surface area contributed by atoms with Gasteiger partial charge in [-0.2, -0.15) is 0 Å². The van der Waals surface area contributed by atoms with Crippen molar-refractivity contribution in [3.8, 4) is 0 Å². The molecule has 0 aliphatic rings. The van der Waals surface area contributed by atoms with Crippen molar-refractivity contribution in [2.75, 3.05) is 12.4 Å². The van der Waals surface area contributed by atoms with Crippen molar-refractivity contribution in [2.24, 2.45) is 5.73 Å². The molecule has 0 saturated heterocycles. The Labute approximate surface area is 87.7 Å². The van der Waals surface area contributed by atoms with E-state index in [1.54, 1.807) is 12.4 Å². The van der Waals surface area contributed by atoms with Crippen molar-refractivity contribution in [3.05, 3.63) is 24.5 Å². The minimum Gasteiger partial charge on any atom is -0.388 e. The SMILES string of the molecule is CC.CC(C)N.CNc1ccncc1. The van der Waals surface area contributed by atoms with Crippen molar-refractivity contribution >= 4 is 5.69 Å². The zero-order chi connectivity index (χ0) is 11.4. The van der Waals surface area contributed by atoms with E-state index in [2.05, 4.69) is 10.3 Å². The molecular weight excluding hydrogens is 174 g/mol. The third-order valence-corrected chi connectivity index (χ3v) is 0.969. The maximum Gasteiger partial charge on any atom is 0.0368 e. The van der Waals surface area contributed by atoms with Gasteiger partial charge in [-0.3, -0.25) is 4.98 Å². The lowest BCUT2D eigenvalue weighted by atomic mass is 10.4. The Hall–Kier alpha value is -1.09. The van der Waals surface area contributed by atoms with Crippen LogP contribution in [0, 0.1) is 0 Å². The minimum absolute atomic E-state index is 0.333. The second-order valence-electron chi connectivity index (χ2n) is 2.73. The monoisotopic (exact) mass is 197 g/mol. The lowest BCUT2D eigenvalue weighted by Crippen LogP contribution is -2.06. The van der Waals surface area contributed by atoms with E-state index in [0.717, 1.165) is 5.69 Å². The number of nitrogens with one attached hydrogen (secondary N) is 1. The third-order valence-electron chi connectivity index (χ3n) is 0.969. The Morgan fingerprint density at radius 2 is 1.57 bits per heavy atom. The number of hydrogen-bond acceptors (Lipinski definition) is 3. The summed E-state index contributed by atoms with van der Waals surface area (Å²) in [5.74, 6) is 0. The van der Waals surface area contributed by atoms with E-state index in [1.807, 2.05) is 46.9 Å². The molecule has 82 valence electrons. The molecule has 0 aliphatic carbocycles. The lowest BCUT2D eigenvalue weighted by molar-refractivity contribution is 0.834. The maximum atomic E-state index is 5.11. The molecule has 3 N–H and O–H groups in total. The average Bonchev–Trinajstić information content (AvgIpc) is 2.21. The van der Waals surface area contributed by atoms with Crippen LogP contribution in [0.3, 0.4) is 0 Å². The zero-order valence-electron chi connectivity index (χ0n) is 9.91. The van der Waals surface area contributed by atoms with E-state index in [1.165, 1.54) is 0 Å². The number of hydrogen-bond donors (Lipinski definition) is 2. The molecule has 3 heteroatoms. The predicted octanol–water partition coefficient (Wildman–Crippen LogP) is 2.50. The van der Waals surface area contributed by atoms with Crippen LogP contribution < -0.4 is 11.1 Å². The lowest BCUT2D eigenvalue weighted by Gasteiger charge is -1.93. The second kappa shape index (κ2) is 11.9. The number of rotatable bonds is 1. The normalized spacial score (nSPS) is 7.93. The Bertz CT molecular complexity index is 182. The van der Waals surface area contributed by atoms with Gasteiger partial charge in [-0.1, -0.05) is 27.7 Å². The highest BCUT2D eigenvalue weighted by molar-refractivity contribution is 5.39. The molecule has 14 heavy (non-hydrogen) atoms. The first-order valence-corrected chi connectivity index (χ1v) is 5.00. The molecular formula is C11H23N3. The van der Waals surface area contributed by atoms with E-state index in [4.69, 9.17) is 5.73 Å². The first kappa shape index (κ1) is 15.4. The molecule has 0 saturated carbocycles. The number of nitrogens with two attached hydrogens (primary N) is 1. The van der Waals surface area contributed by atoms with Gasteiger partial charge in [-0.15, -0.1) is 0 Å². The first-order chi connectivity index (χ1) is 6.66. The summed E-state index contributed by atoms with van der Waals surface area (Å²) >= 11 is 0. The maximum absolute atomic E-state index is 5.11. The Morgan fingerprint density at radius 1 is 1.21 bits per heavy atom. The molecule has 3 nitrogen and oxygen atoms in total. The Morgan fingerprint density at radius 3 is 1.79 bits per heavy atom. The molecule has 0 aliphatic heterocycles. The number of anilines is 1. The summed E-state index contributed by atoms with van der Waals surface area (Å²) in [7, 11) is 1.88. The van der Waals surface area contributed by atoms with Crippen LogP contribution in [0.4, 0.5) is 5.69 Å². The van der Waals surface area contributed by atoms with Gasteiger partial charge in [-0.25, -0.2) is 0 Å². The van der Waals surface area contributed by atoms with Crippen LogP contribution in [0.1, 0.15) is 27.7 Å². The summed E-state index contributed by atoms with van der Waals surface area (Å²) in [5, 5.41) is 2.99. The van der Waals surface area contributed by atoms with Crippen LogP contribution in [-0.4, -0.2) is 18.1 Å². The summed E-state index contributed by atoms with van der Waals surface area (Å²) in [6.45, 7) is 7.89. The van der Waals surface area contributed by atoms with Gasteiger partial charge in [0, 0.05) is 25.1 Å². The molecule has 0 fully saturated rings. The van der Waals surface area contributed by atoms with Crippen LogP contribution in [0.5, 0.6) is 0 Å². The van der Waals surface area contributed by atoms with E-state index >= 15 is 0 Å². The van der Waals surface area contributed by atoms with Gasteiger partial charge < -0.3 is 11.1 Å². The van der Waals surface area contributed by atoms with Gasteiger partial charge in [0.15, 0.2) is 0 Å². The second-order valence-corrected chi connectivity index (χ2v) is 2.73. The van der Waals surface area contributed by atoms with E-state index in [-0.39, 0.29) is 0 Å². The van der Waals surface area contributed by atoms with Crippen molar-refractivity contribution < 1.29 is 0 Å². The zero-order valence-corrected chi connectivity index (χ0v) is 9.91. The summed E-state index contributed by atoms with van der Waals surface area (Å²) in [4.78, 5) is 3.85. The van der Waals surface area contributed by atoms with Crippen molar-refractivity contribution in [1.29, 1.82) is 0 Å². The summed E-state index contributed by atoms with van der Waals surface area (Å²) < 4.78 is 0. The van der Waals surface area contributed by atoms with Gasteiger partial charge in [0.25, 0.3) is 0 Å². The first-order valence-electron chi connectivity index (χ1n) is 5.00. The predicted molar refractivity (Wildman–Crippen MR) is 64.5 cm³/mol. The highest BCUT2D eigenvalue weighted by Gasteiger charge is 1.78. The molecule has 1 rings (SSSR count). The van der Waals surface area contributed by atoms with Crippen molar-refractivity contribution in [1.82, 2.24) is 4.98 Å². The largest absolute Gasteiger partial charge is 0.388 e. The number of nitrogens with zero attached hydrogens (tertiary/aromatic N) is 1. The van der Waals surface area contributed by atoms with Crippen molar-refractivity contribution in [2.45, 2.75) is 33.7 Å². The van der Waals surface area contributed by atoms with Gasteiger partial charge >= 0.3 is 0 Å². The van der Waals surface area contributed by atoms with Crippen LogP contribution in [0.15, 0.2) is 24.5 Å². The fourth-order valence-electron chi connectivity index (χ4n) is 0.519. The average molecular weight is 197 g/mol. The molecule has 1 aromatic heterocycles. The van der Waals surface area contributed by atoms with Crippen LogP contribution in [0.25, 0.3) is 0 Å². The standard InChI is InChI=1S/C6H8N2.C3H9N.C2H6/c1-7-6-2-4-8-5-3-6;1-3(2)4;1-2/h2-5H,1H3,(H,7,8);3H,4H2,1-2H3;1-2H3. The highest BCUT2D eigenvalue weighted by atomic mass is 14.8. The molecule has 0 amide bonds. The number of aromatic nitrogens is 1. The van der Waals surface area contributed by atoms with E-state index < -0.39 is 0 Å². The molecule has 0 aromatic carbocycles. The Kier molecular flexibility index (Phi) is 13.1. The molecule has 1 aromatic rings. The summed E-state index contributed by atoms with van der Waals surface area (Å²) in [6.07, 6.45) is 3.51. The van der Waals surface area contributed by atoms with E-state index in [0.29, 0.717) is 6.04 Å². The van der Waals surface area contributed by atoms with Crippen LogP contribution >= 0.6 is 0 Å². The van der Waals surface area contributed by atoms with Crippen molar-refractivity contribution in [3.63, 3.8) is 0 Å². The molecule has 0 atom stereocenters. The van der Waals surface area contributed by atoms with Gasteiger partial charge in [-0.05, 0) is 18.2 Å². The topological polar surface area (TPSA) is 50.9 Å². The summed E-state index contributed by atoms with van der Waals surface area (Å²) in [5.41, 5.74) is 6.21. The minimum atomic E-state index is 0.333. The third kappa shape index (κ3) is 13.5. The molecule has 0 radical (unpaired) electrons. The van der Waals surface area contributed by atoms with Gasteiger partial charge in [0.2, 0.25) is 0 Å². The van der Waals surface area contributed by atoms with E-state index in [9.17, 15) is 0 Å². The quantitative estimate of drug-likeness (QED) is 0.727. The smallest absolute Gasteiger partial charge is 0.0368 e.